The number of nitrogens with zero attached hydrogens (tertiary/aromatic N) is 2. The van der Waals surface area contributed by atoms with Crippen LogP contribution in [0, 0.1) is 29.6 Å². The number of carboxylic acid groups (broad SMARTS) is 1. The number of carboxylic acids is 1. The first kappa shape index (κ1) is 94.1. The fourth-order valence-electron chi connectivity index (χ4n) is 12.9. The number of hydrogen-bond donors (Lipinski definition) is 13. The van der Waals surface area contributed by atoms with Gasteiger partial charge in [-0.2, -0.15) is 0 Å². The molecule has 3 heterocycles. The maximum atomic E-state index is 15.6. The number of likely N-dealkylation sites (N-methyl/N-ethyl adjacent to an activating group) is 1. The van der Waals surface area contributed by atoms with Crippen LogP contribution in [0.2, 0.25) is 0 Å². The molecule has 624 valence electrons. The maximum absolute atomic E-state index is 15.6. The van der Waals surface area contributed by atoms with Crippen LogP contribution in [0.3, 0.4) is 0 Å². The molecule has 5 rings (SSSR count). The molecule has 3 saturated heterocycles. The summed E-state index contributed by atoms with van der Waals surface area (Å²) in [5.74, 6) is -20.3. The van der Waals surface area contributed by atoms with E-state index in [9.17, 15) is 63.0 Å². The summed E-state index contributed by atoms with van der Waals surface area (Å²) in [6, 6.07) is -1.89. The Balaban J connectivity index is 1.80. The normalized spacial score (nSPS) is 27.5. The molecule has 2 aromatic carbocycles. The largest absolute Gasteiger partial charge is 0.481 e. The molecule has 3 aliphatic rings. The number of aliphatic carboxylic acids is 1. The number of carbonyl (C=O) groups excluding carboxylic acids is 15. The van der Waals surface area contributed by atoms with Crippen molar-refractivity contribution in [3.05, 3.63) is 84.1 Å². The number of fused-ring (bicyclic) bond motifs is 6. The second-order valence-corrected chi connectivity index (χ2v) is 32.3. The van der Waals surface area contributed by atoms with E-state index < -0.39 is 234 Å². The summed E-state index contributed by atoms with van der Waals surface area (Å²) in [7, 11) is 4.31. The number of aliphatic hydroxyl groups excluding tert-OH is 1. The molecule has 0 aliphatic carbocycles. The zero-order chi connectivity index (χ0) is 84.1. The van der Waals surface area contributed by atoms with Gasteiger partial charge in [-0.1, -0.05) is 163 Å². The molecular weight excluding hydrogens is 1500 g/mol. The Hall–Kier alpha value is -9.48. The minimum absolute atomic E-state index is 0.00341. The molecule has 13 N–H and O–H groups in total. The van der Waals surface area contributed by atoms with Crippen molar-refractivity contribution < 1.29 is 96.4 Å². The van der Waals surface area contributed by atoms with Crippen molar-refractivity contribution in [1.82, 2.24) is 68.3 Å². The minimum atomic E-state index is -2.02. The van der Waals surface area contributed by atoms with Crippen molar-refractivity contribution in [3.63, 3.8) is 0 Å². The Labute approximate surface area is 667 Å². The molecular formula is C78H115N13O20S2. The molecule has 35 heteroatoms. The third kappa shape index (κ3) is 28.5. The molecule has 33 nitrogen and oxygen atoms in total. The third-order valence-corrected chi connectivity index (χ3v) is 23.0. The molecule has 0 spiro atoms. The first-order valence-electron chi connectivity index (χ1n) is 38.5. The quantitative estimate of drug-likeness (QED) is 0.0503. The van der Waals surface area contributed by atoms with Crippen LogP contribution in [0.15, 0.2) is 72.9 Å². The maximum Gasteiger partial charge on any atom is 0.312 e. The Morgan fingerprint density at radius 3 is 1.73 bits per heavy atom. The molecule has 2 aromatic rings. The highest BCUT2D eigenvalue weighted by Gasteiger charge is 2.45. The fraction of sp³-hybridized carbons (Fsp3) is 0.615. The lowest BCUT2D eigenvalue weighted by Gasteiger charge is -2.35. The first-order chi connectivity index (χ1) is 53.5. The molecule has 3 fully saturated rings. The Bertz CT molecular complexity index is 3690. The molecule has 0 radical (unpaired) electrons. The van der Waals surface area contributed by atoms with Crippen LogP contribution >= 0.6 is 21.6 Å². The van der Waals surface area contributed by atoms with Gasteiger partial charge >= 0.3 is 11.9 Å². The van der Waals surface area contributed by atoms with Crippen LogP contribution in [0.5, 0.6) is 0 Å². The van der Waals surface area contributed by atoms with Crippen molar-refractivity contribution in [3.8, 4) is 0 Å². The van der Waals surface area contributed by atoms with E-state index in [1.54, 1.807) is 95.3 Å². The van der Waals surface area contributed by atoms with E-state index >= 15 is 24.0 Å². The van der Waals surface area contributed by atoms with Crippen molar-refractivity contribution >= 4 is 116 Å². The van der Waals surface area contributed by atoms with E-state index in [1.807, 2.05) is 20.8 Å². The highest BCUT2D eigenvalue weighted by atomic mass is 33.1. The van der Waals surface area contributed by atoms with E-state index in [0.717, 1.165) is 26.5 Å². The van der Waals surface area contributed by atoms with Crippen molar-refractivity contribution in [1.29, 1.82) is 0 Å². The van der Waals surface area contributed by atoms with Crippen molar-refractivity contribution in [2.45, 2.75) is 238 Å². The zero-order valence-electron chi connectivity index (χ0n) is 66.7. The van der Waals surface area contributed by atoms with E-state index in [-0.39, 0.29) is 69.1 Å². The molecule has 0 saturated carbocycles. The number of esters is 1. The Kier molecular flexibility index (Phi) is 38.3. The van der Waals surface area contributed by atoms with E-state index in [4.69, 9.17) is 9.47 Å². The number of benzene rings is 2. The van der Waals surface area contributed by atoms with Gasteiger partial charge in [-0.3, -0.25) is 76.7 Å². The average Bonchev–Trinajstić information content (AvgIpc) is 1.75. The number of nitrogens with one attached hydrogen (secondary N) is 11. The van der Waals surface area contributed by atoms with E-state index in [2.05, 4.69) is 65.1 Å². The summed E-state index contributed by atoms with van der Waals surface area (Å²) >= 11 is 0. The van der Waals surface area contributed by atoms with Gasteiger partial charge in [0.1, 0.15) is 78.6 Å². The number of ketones is 1. The number of aliphatic hydroxyl groups is 1. The highest BCUT2D eigenvalue weighted by molar-refractivity contribution is 8.76. The molecule has 113 heavy (non-hydrogen) atoms. The molecule has 13 amide bonds. The van der Waals surface area contributed by atoms with Gasteiger partial charge in [0.15, 0.2) is 5.78 Å². The van der Waals surface area contributed by atoms with Gasteiger partial charge in [0, 0.05) is 57.9 Å². The lowest BCUT2D eigenvalue weighted by molar-refractivity contribution is -0.160. The van der Waals surface area contributed by atoms with E-state index in [0.29, 0.717) is 24.0 Å². The standard InChI is InChI=1S/C78H115N13O20S2/c1-15-42(6)33-52-69(100)87-62(41(4)5)77(108)90(13)65(48(12)110-14)59(93)37-51(38-92)78(109)111-47(11)64-75(106)85-55(36-50-27-22-19-23-28-50)76(107)91-32-24-29-58(91)73(104)86-57(72(103)88-63(44(8)17-3)74(105)80-46(10)67(98)82-52)40-113-112-39-56(81-60(94)30-31-61(95)96)71(102)84-54(35-49-25-20-18-21-26-49)68(99)79-45(9)66(97)83-53(70(101)89-64)34-43(7)16-2/h18-23,25-28,41-45,47-48,51-58,62-65,92H,10,15-17,24,29-40H2,1-9,11-14H3,(H,79,99)(H,80,105)(H,81,94)(H,82,98)(H,83,97)(H,84,102)(H,85,106)(H,86,104)(H,87,100)(H,88,103)(H,89,101)(H,95,96)/t42?,43-,44-,45+,47+,48+,51-,52-,53?,54+,55+,56-,57-,58-,62+,63-,64+,65-/m0/s1. The summed E-state index contributed by atoms with van der Waals surface area (Å²) in [4.78, 5) is 236. The van der Waals surface area contributed by atoms with Gasteiger partial charge in [0.25, 0.3) is 5.91 Å². The van der Waals surface area contributed by atoms with E-state index in [1.165, 1.54) is 39.8 Å². The number of cyclic esters (lactones) is 1. The molecule has 0 aromatic heterocycles. The summed E-state index contributed by atoms with van der Waals surface area (Å²) in [6.07, 6.45) is -4.21. The van der Waals surface area contributed by atoms with Crippen LogP contribution in [0.1, 0.15) is 151 Å². The van der Waals surface area contributed by atoms with Gasteiger partial charge in [0.2, 0.25) is 70.9 Å². The van der Waals surface area contributed by atoms with Crippen LogP contribution in [0.25, 0.3) is 0 Å². The molecule has 2 bridgehead atoms. The van der Waals surface area contributed by atoms with Gasteiger partial charge in [0.05, 0.1) is 30.7 Å². The second kappa shape index (κ2) is 46.0. The topological polar surface area (TPSA) is 471 Å². The second-order valence-electron chi connectivity index (χ2n) is 29.7. The first-order valence-corrected chi connectivity index (χ1v) is 41.0. The van der Waals surface area contributed by atoms with Crippen LogP contribution in [-0.2, 0) is 99.0 Å². The van der Waals surface area contributed by atoms with Gasteiger partial charge in [-0.05, 0) is 81.3 Å². The monoisotopic (exact) mass is 1620 g/mol. The number of Topliss-reactive ketones (excluding diaryl/α,β-unsaturated/α-hetero) is 1. The third-order valence-electron chi connectivity index (χ3n) is 20.6. The number of hydrogen-bond acceptors (Lipinski definition) is 21. The van der Waals surface area contributed by atoms with Gasteiger partial charge in [-0.15, -0.1) is 0 Å². The number of amides is 13. The summed E-state index contributed by atoms with van der Waals surface area (Å²) in [5.41, 5.74) is 0.426. The summed E-state index contributed by atoms with van der Waals surface area (Å²) < 4.78 is 11.6. The highest BCUT2D eigenvalue weighted by Crippen LogP contribution is 2.27. The average molecular weight is 1620 g/mol. The SMILES string of the molecule is C=C1NC(=O)[C@H]([C@@H](C)CC)NC(=O)[C@@H]2CSSC[C@H](NC(=O)CCC(=O)O)C(=O)N[C@H](Cc3ccccc3)C(=O)N[C@H](C)C(=O)NC(C[C@@H](C)CC)C(=O)N[C@@H](C(=O)N[C@H](Cc3ccccc3)C(=O)N3CCC[C@H]3C(=O)N2)[C@@H](C)OC(=O)[C@H](CO)CC(=O)[C@H]([C@@H](C)OC)N(C)C(=O)[C@@H](C(C)C)NC(=O)[C@H](CC(C)CC)NC1=O. The summed E-state index contributed by atoms with van der Waals surface area (Å²) in [6.45, 7) is 20.4. The van der Waals surface area contributed by atoms with Crippen molar-refractivity contribution in [2.75, 3.05) is 38.8 Å². The number of carbonyl (C=O) groups is 16. The molecule has 2 unspecified atom stereocenters. The van der Waals surface area contributed by atoms with Crippen LogP contribution in [0.4, 0.5) is 0 Å². The lowest BCUT2D eigenvalue weighted by Crippen LogP contribution is -2.62. The predicted octanol–water partition coefficient (Wildman–Crippen LogP) is 1.17. The molecule has 18 atom stereocenters. The predicted molar refractivity (Wildman–Crippen MR) is 420 cm³/mol. The van der Waals surface area contributed by atoms with Crippen molar-refractivity contribution in [2.24, 2.45) is 29.6 Å². The van der Waals surface area contributed by atoms with Crippen LogP contribution < -0.4 is 58.5 Å². The molecule has 3 aliphatic heterocycles. The summed E-state index contributed by atoms with van der Waals surface area (Å²) in [5, 5.41) is 49.6. The van der Waals surface area contributed by atoms with Gasteiger partial charge < -0.3 is 88.0 Å². The van der Waals surface area contributed by atoms with Gasteiger partial charge in [-0.25, -0.2) is 0 Å². The zero-order valence-corrected chi connectivity index (χ0v) is 68.4. The minimum Gasteiger partial charge on any atom is -0.481 e. The Morgan fingerprint density at radius 2 is 1.17 bits per heavy atom. The fourth-order valence-corrected chi connectivity index (χ4v) is 15.2. The number of rotatable bonds is 20. The number of methoxy groups -OCH3 is 1. The Morgan fingerprint density at radius 1 is 0.619 bits per heavy atom. The smallest absolute Gasteiger partial charge is 0.312 e. The lowest BCUT2D eigenvalue weighted by atomic mass is 9.93. The number of ether oxygens (including phenoxy) is 2. The van der Waals surface area contributed by atoms with Crippen LogP contribution in [-0.4, -0.2) is 238 Å².